The van der Waals surface area contributed by atoms with E-state index in [0.717, 1.165) is 5.52 Å². The number of nitro groups is 1. The first kappa shape index (κ1) is 14.7. The number of benzene rings is 2. The van der Waals surface area contributed by atoms with Gasteiger partial charge in [0, 0.05) is 25.2 Å². The highest BCUT2D eigenvalue weighted by Gasteiger charge is 2.16. The summed E-state index contributed by atoms with van der Waals surface area (Å²) in [6.45, 7) is 0. The lowest BCUT2D eigenvalue weighted by atomic mass is 10.3. The van der Waals surface area contributed by atoms with Gasteiger partial charge in [-0.25, -0.2) is 4.68 Å². The van der Waals surface area contributed by atoms with Gasteiger partial charge in [0.25, 0.3) is 5.69 Å². The topological polar surface area (TPSA) is 83.1 Å². The molecule has 3 aromatic rings. The minimum atomic E-state index is -0.522. The van der Waals surface area contributed by atoms with E-state index in [-0.39, 0.29) is 10.7 Å². The summed E-state index contributed by atoms with van der Waals surface area (Å²) in [5.74, 6) is 0.806. The Morgan fingerprint density at radius 3 is 2.82 bits per heavy atom. The molecule has 7 nitrogen and oxygen atoms in total. The van der Waals surface area contributed by atoms with Crippen molar-refractivity contribution in [2.75, 3.05) is 0 Å². The number of halogens is 2. The highest BCUT2D eigenvalue weighted by atomic mass is 79.9. The van der Waals surface area contributed by atoms with Crippen LogP contribution in [0.3, 0.4) is 0 Å². The summed E-state index contributed by atoms with van der Waals surface area (Å²) in [5, 5.41) is 18.8. The summed E-state index contributed by atoms with van der Waals surface area (Å²) in [7, 11) is 1.79. The summed E-state index contributed by atoms with van der Waals surface area (Å²) >= 11 is 9.29. The lowest BCUT2D eigenvalue weighted by Crippen LogP contribution is -1.92. The number of hydrogen-bond acceptors (Lipinski definition) is 5. The second-order valence-electron chi connectivity index (χ2n) is 4.46. The molecular formula is C13H8BrClN4O3. The number of non-ortho nitro benzene ring substituents is 1. The predicted molar refractivity (Wildman–Crippen MR) is 84.4 cm³/mol. The minimum Gasteiger partial charge on any atom is -0.455 e. The van der Waals surface area contributed by atoms with Gasteiger partial charge in [-0.15, -0.1) is 5.10 Å². The maximum atomic E-state index is 10.8. The summed E-state index contributed by atoms with van der Waals surface area (Å²) < 4.78 is 7.75. The van der Waals surface area contributed by atoms with Gasteiger partial charge in [-0.2, -0.15) is 0 Å². The van der Waals surface area contributed by atoms with Crippen LogP contribution in [0.4, 0.5) is 5.69 Å². The predicted octanol–water partition coefficient (Wildman–Crippen LogP) is 4.08. The van der Waals surface area contributed by atoms with Crippen LogP contribution in [0.2, 0.25) is 5.02 Å². The second kappa shape index (κ2) is 5.54. The Morgan fingerprint density at radius 1 is 1.36 bits per heavy atom. The first-order chi connectivity index (χ1) is 10.5. The van der Waals surface area contributed by atoms with E-state index in [0.29, 0.717) is 21.5 Å². The van der Waals surface area contributed by atoms with Gasteiger partial charge in [0.05, 0.1) is 19.9 Å². The van der Waals surface area contributed by atoms with Gasteiger partial charge in [0.1, 0.15) is 11.3 Å². The lowest BCUT2D eigenvalue weighted by Gasteiger charge is -2.09. The van der Waals surface area contributed by atoms with Crippen LogP contribution in [0.1, 0.15) is 0 Å². The second-order valence-corrected chi connectivity index (χ2v) is 5.72. The first-order valence-corrected chi connectivity index (χ1v) is 7.23. The fourth-order valence-electron chi connectivity index (χ4n) is 1.95. The number of fused-ring (bicyclic) bond motifs is 1. The van der Waals surface area contributed by atoms with Crippen LogP contribution in [0.15, 0.2) is 34.8 Å². The van der Waals surface area contributed by atoms with Crippen molar-refractivity contribution >= 4 is 44.3 Å². The molecule has 0 saturated carbocycles. The average molecular weight is 384 g/mol. The molecule has 1 aromatic heterocycles. The fourth-order valence-corrected chi connectivity index (χ4v) is 2.85. The molecule has 112 valence electrons. The van der Waals surface area contributed by atoms with Crippen LogP contribution in [-0.2, 0) is 7.05 Å². The SMILES string of the molecule is Cn1nnc2cc(Oc3c(Cl)cc([N+](=O)[O-])cc3Br)ccc21. The molecule has 0 saturated heterocycles. The summed E-state index contributed by atoms with van der Waals surface area (Å²) in [5.41, 5.74) is 1.42. The Bertz CT molecular complexity index is 873. The van der Waals surface area contributed by atoms with Crippen LogP contribution in [0.5, 0.6) is 11.5 Å². The molecule has 9 heteroatoms. The summed E-state index contributed by atoms with van der Waals surface area (Å²) in [6.07, 6.45) is 0. The van der Waals surface area contributed by atoms with Gasteiger partial charge >= 0.3 is 0 Å². The Kier molecular flexibility index (Phi) is 3.71. The number of nitro benzene ring substituents is 1. The minimum absolute atomic E-state index is 0.117. The van der Waals surface area contributed by atoms with Gasteiger partial charge in [0.15, 0.2) is 5.75 Å². The van der Waals surface area contributed by atoms with E-state index in [1.807, 2.05) is 6.07 Å². The molecule has 0 aliphatic rings. The molecule has 0 spiro atoms. The Balaban J connectivity index is 1.99. The summed E-state index contributed by atoms with van der Waals surface area (Å²) in [6, 6.07) is 7.85. The molecule has 0 aliphatic heterocycles. The van der Waals surface area contributed by atoms with Crippen LogP contribution < -0.4 is 4.74 Å². The Hall–Kier alpha value is -2.19. The van der Waals surface area contributed by atoms with Crippen molar-refractivity contribution in [3.8, 4) is 11.5 Å². The van der Waals surface area contributed by atoms with E-state index < -0.39 is 4.92 Å². The molecule has 0 N–H and O–H groups in total. The smallest absolute Gasteiger partial charge is 0.272 e. The van der Waals surface area contributed by atoms with Gasteiger partial charge in [-0.05, 0) is 28.1 Å². The van der Waals surface area contributed by atoms with Crippen molar-refractivity contribution in [1.82, 2.24) is 15.0 Å². The normalized spacial score (nSPS) is 10.9. The van der Waals surface area contributed by atoms with Crippen molar-refractivity contribution in [3.63, 3.8) is 0 Å². The van der Waals surface area contributed by atoms with E-state index in [4.69, 9.17) is 16.3 Å². The molecule has 0 unspecified atom stereocenters. The highest BCUT2D eigenvalue weighted by Crippen LogP contribution is 2.39. The summed E-state index contributed by atoms with van der Waals surface area (Å²) in [4.78, 5) is 10.3. The first-order valence-electron chi connectivity index (χ1n) is 6.06. The van der Waals surface area contributed by atoms with E-state index in [9.17, 15) is 10.1 Å². The van der Waals surface area contributed by atoms with Crippen LogP contribution in [-0.4, -0.2) is 19.9 Å². The molecule has 0 fully saturated rings. The maximum Gasteiger partial charge on any atom is 0.272 e. The van der Waals surface area contributed by atoms with Crippen LogP contribution in [0, 0.1) is 10.1 Å². The van der Waals surface area contributed by atoms with Crippen molar-refractivity contribution in [2.24, 2.45) is 7.05 Å². The fraction of sp³-hybridized carbons (Fsp3) is 0.0769. The number of ether oxygens (including phenoxy) is 1. The number of rotatable bonds is 3. The van der Waals surface area contributed by atoms with E-state index >= 15 is 0 Å². The van der Waals surface area contributed by atoms with Crippen molar-refractivity contribution in [2.45, 2.75) is 0 Å². The zero-order valence-electron chi connectivity index (χ0n) is 11.2. The molecule has 0 atom stereocenters. The molecule has 0 radical (unpaired) electrons. The lowest BCUT2D eigenvalue weighted by molar-refractivity contribution is -0.384. The third-order valence-electron chi connectivity index (χ3n) is 3.00. The number of aryl methyl sites for hydroxylation is 1. The molecule has 0 bridgehead atoms. The third-order valence-corrected chi connectivity index (χ3v) is 3.87. The molecule has 2 aromatic carbocycles. The molecule has 0 aliphatic carbocycles. The largest absolute Gasteiger partial charge is 0.455 e. The number of hydrogen-bond donors (Lipinski definition) is 0. The zero-order chi connectivity index (χ0) is 15.9. The van der Waals surface area contributed by atoms with Gasteiger partial charge in [-0.3, -0.25) is 10.1 Å². The number of aromatic nitrogens is 3. The van der Waals surface area contributed by atoms with E-state index in [1.165, 1.54) is 12.1 Å². The Morgan fingerprint density at radius 2 is 2.14 bits per heavy atom. The Labute approximate surface area is 137 Å². The molecular weight excluding hydrogens is 376 g/mol. The standard InChI is InChI=1S/C13H8BrClN4O3/c1-18-12-3-2-8(6-11(12)16-17-18)22-13-9(14)4-7(19(20)21)5-10(13)15/h2-6H,1H3. The average Bonchev–Trinajstić information content (AvgIpc) is 2.83. The zero-order valence-corrected chi connectivity index (χ0v) is 13.5. The molecule has 22 heavy (non-hydrogen) atoms. The monoisotopic (exact) mass is 382 g/mol. The van der Waals surface area contributed by atoms with Gasteiger partial charge in [0.2, 0.25) is 0 Å². The van der Waals surface area contributed by atoms with Crippen molar-refractivity contribution in [3.05, 3.63) is 49.9 Å². The van der Waals surface area contributed by atoms with Crippen molar-refractivity contribution < 1.29 is 9.66 Å². The van der Waals surface area contributed by atoms with E-state index in [2.05, 4.69) is 26.2 Å². The van der Waals surface area contributed by atoms with Gasteiger partial charge in [-0.1, -0.05) is 16.8 Å². The van der Waals surface area contributed by atoms with Gasteiger partial charge < -0.3 is 4.74 Å². The quantitative estimate of drug-likeness (QED) is 0.502. The van der Waals surface area contributed by atoms with Crippen molar-refractivity contribution in [1.29, 1.82) is 0 Å². The molecule has 1 heterocycles. The molecule has 0 amide bonds. The van der Waals surface area contributed by atoms with Crippen LogP contribution >= 0.6 is 27.5 Å². The van der Waals surface area contributed by atoms with Crippen LogP contribution in [0.25, 0.3) is 11.0 Å². The molecule has 3 rings (SSSR count). The third kappa shape index (κ3) is 2.62. The maximum absolute atomic E-state index is 10.8. The van der Waals surface area contributed by atoms with E-state index in [1.54, 1.807) is 23.9 Å². The highest BCUT2D eigenvalue weighted by molar-refractivity contribution is 9.10. The number of nitrogens with zero attached hydrogens (tertiary/aromatic N) is 4.